The highest BCUT2D eigenvalue weighted by Crippen LogP contribution is 2.44. The zero-order chi connectivity index (χ0) is 16.8. The highest BCUT2D eigenvalue weighted by atomic mass is 79.9. The summed E-state index contributed by atoms with van der Waals surface area (Å²) < 4.78 is 1.19. The van der Waals surface area contributed by atoms with Crippen molar-refractivity contribution in [2.45, 2.75) is 70.1 Å². The van der Waals surface area contributed by atoms with Crippen LogP contribution >= 0.6 is 27.5 Å². The van der Waals surface area contributed by atoms with E-state index >= 15 is 0 Å². The Kier molecular flexibility index (Phi) is 7.28. The predicted octanol–water partition coefficient (Wildman–Crippen LogP) is 8.06. The molecule has 132 valence electrons. The highest BCUT2D eigenvalue weighted by Gasteiger charge is 2.31. The van der Waals surface area contributed by atoms with Crippen LogP contribution in [0, 0.1) is 17.8 Å². The first-order valence-corrected chi connectivity index (χ1v) is 11.0. The maximum Gasteiger partial charge on any atom is 0.0175 e. The van der Waals surface area contributed by atoms with E-state index in [1.54, 1.807) is 11.1 Å². The number of hydrogen-bond donors (Lipinski definition) is 0. The molecule has 0 heterocycles. The lowest BCUT2D eigenvalue weighted by Crippen LogP contribution is -2.25. The van der Waals surface area contributed by atoms with E-state index < -0.39 is 0 Å². The van der Waals surface area contributed by atoms with Gasteiger partial charge in [-0.05, 0) is 92.7 Å². The fraction of sp³-hybridized carbons (Fsp3) is 0.636. The molecule has 2 aliphatic rings. The average molecular weight is 410 g/mol. The molecule has 0 aliphatic heterocycles. The zero-order valence-corrected chi connectivity index (χ0v) is 16.9. The van der Waals surface area contributed by atoms with Gasteiger partial charge in [0.2, 0.25) is 0 Å². The summed E-state index contributed by atoms with van der Waals surface area (Å²) in [4.78, 5) is 0. The fourth-order valence-electron chi connectivity index (χ4n) is 5.00. The second-order valence-corrected chi connectivity index (χ2v) is 9.05. The molecule has 2 aliphatic carbocycles. The summed E-state index contributed by atoms with van der Waals surface area (Å²) in [6.07, 6.45) is 16.2. The third-order valence-corrected chi connectivity index (χ3v) is 7.21. The van der Waals surface area contributed by atoms with Crippen LogP contribution in [0.1, 0.15) is 75.7 Å². The molecule has 1 aromatic carbocycles. The van der Waals surface area contributed by atoms with Crippen LogP contribution in [0.3, 0.4) is 0 Å². The van der Waals surface area contributed by atoms with E-state index in [9.17, 15) is 0 Å². The van der Waals surface area contributed by atoms with Gasteiger partial charge in [-0.2, -0.15) is 0 Å². The molecular weight excluding hydrogens is 380 g/mol. The third kappa shape index (κ3) is 5.11. The Morgan fingerprint density at radius 2 is 1.46 bits per heavy atom. The van der Waals surface area contributed by atoms with Crippen molar-refractivity contribution in [2.75, 3.05) is 0 Å². The molecular formula is C22H30BrCl. The fourth-order valence-corrected chi connectivity index (χ4v) is 5.39. The number of halogens is 2. The van der Waals surface area contributed by atoms with Crippen molar-refractivity contribution in [2.24, 2.45) is 17.8 Å². The van der Waals surface area contributed by atoms with Crippen LogP contribution in [0.25, 0.3) is 0 Å². The normalized spacial score (nSPS) is 31.4. The Hall–Kier alpha value is -0.270. The molecule has 0 atom stereocenters. The summed E-state index contributed by atoms with van der Waals surface area (Å²) >= 11 is 9.17. The molecule has 2 fully saturated rings. The van der Waals surface area contributed by atoms with Crippen LogP contribution in [0.15, 0.2) is 40.3 Å². The van der Waals surface area contributed by atoms with E-state index in [4.69, 9.17) is 11.6 Å². The second-order valence-electron chi connectivity index (χ2n) is 7.88. The summed E-state index contributed by atoms with van der Waals surface area (Å²) in [5.74, 6) is 3.76. The monoisotopic (exact) mass is 408 g/mol. The summed E-state index contributed by atoms with van der Waals surface area (Å²) in [7, 11) is 0. The Morgan fingerprint density at radius 1 is 0.875 bits per heavy atom. The van der Waals surface area contributed by atoms with Crippen molar-refractivity contribution < 1.29 is 0 Å². The van der Waals surface area contributed by atoms with Crippen LogP contribution in [0.2, 0.25) is 0 Å². The lowest BCUT2D eigenvalue weighted by Gasteiger charge is -2.38. The SMILES string of the molecule is Cl/C=C/CCC1CCC(C2CCC(c3ccc(Br)cc3)CC2)CC1. The minimum Gasteiger partial charge on any atom is -0.0933 e. The van der Waals surface area contributed by atoms with Gasteiger partial charge in [0.1, 0.15) is 0 Å². The molecule has 2 saturated carbocycles. The van der Waals surface area contributed by atoms with Gasteiger partial charge in [0.15, 0.2) is 0 Å². The molecule has 3 rings (SSSR count). The smallest absolute Gasteiger partial charge is 0.0175 e. The molecule has 0 N–H and O–H groups in total. The standard InChI is InChI=1S/C22H30BrCl/c23-22-14-12-21(13-15-22)20-10-8-19(9-11-20)18-6-4-17(5-7-18)3-1-2-16-24/h2,12-20H,1,3-11H2/b16-2+. The Morgan fingerprint density at radius 3 is 2.04 bits per heavy atom. The maximum atomic E-state index is 5.62. The van der Waals surface area contributed by atoms with Crippen molar-refractivity contribution in [3.63, 3.8) is 0 Å². The Balaban J connectivity index is 1.42. The first-order valence-electron chi connectivity index (χ1n) is 9.77. The number of allylic oxidation sites excluding steroid dienone is 1. The molecule has 24 heavy (non-hydrogen) atoms. The minimum atomic E-state index is 0.799. The molecule has 0 nitrogen and oxygen atoms in total. The Bertz CT molecular complexity index is 505. The number of rotatable bonds is 5. The maximum absolute atomic E-state index is 5.62. The van der Waals surface area contributed by atoms with Crippen molar-refractivity contribution in [3.8, 4) is 0 Å². The van der Waals surface area contributed by atoms with Gasteiger partial charge in [-0.3, -0.25) is 0 Å². The van der Waals surface area contributed by atoms with Gasteiger partial charge in [-0.25, -0.2) is 0 Å². The average Bonchev–Trinajstić information content (AvgIpc) is 2.63. The van der Waals surface area contributed by atoms with Gasteiger partial charge in [0, 0.05) is 10.0 Å². The van der Waals surface area contributed by atoms with Crippen LogP contribution < -0.4 is 0 Å². The summed E-state index contributed by atoms with van der Waals surface area (Å²) in [5.41, 5.74) is 3.22. The largest absolute Gasteiger partial charge is 0.0933 e. The molecule has 0 spiro atoms. The molecule has 2 heteroatoms. The molecule has 0 unspecified atom stereocenters. The number of benzene rings is 1. The lowest BCUT2D eigenvalue weighted by molar-refractivity contribution is 0.157. The quantitative estimate of drug-likeness (QED) is 0.461. The van der Waals surface area contributed by atoms with Gasteiger partial charge in [0.05, 0.1) is 0 Å². The van der Waals surface area contributed by atoms with Gasteiger partial charge in [0.25, 0.3) is 0 Å². The zero-order valence-electron chi connectivity index (χ0n) is 14.6. The van der Waals surface area contributed by atoms with Crippen LogP contribution in [-0.2, 0) is 0 Å². The Labute approximate surface area is 161 Å². The summed E-state index contributed by atoms with van der Waals surface area (Å²) in [5, 5.41) is 0. The van der Waals surface area contributed by atoms with E-state index in [0.29, 0.717) is 0 Å². The molecule has 0 radical (unpaired) electrons. The molecule has 1 aromatic rings. The predicted molar refractivity (Wildman–Crippen MR) is 109 cm³/mol. The van der Waals surface area contributed by atoms with E-state index in [1.165, 1.54) is 62.3 Å². The van der Waals surface area contributed by atoms with Crippen molar-refractivity contribution in [1.82, 2.24) is 0 Å². The highest BCUT2D eigenvalue weighted by molar-refractivity contribution is 9.10. The topological polar surface area (TPSA) is 0 Å². The van der Waals surface area contributed by atoms with E-state index in [1.807, 2.05) is 0 Å². The van der Waals surface area contributed by atoms with E-state index in [-0.39, 0.29) is 0 Å². The minimum absolute atomic E-state index is 0.799. The second kappa shape index (κ2) is 9.43. The van der Waals surface area contributed by atoms with Crippen LogP contribution in [0.5, 0.6) is 0 Å². The summed E-state index contributed by atoms with van der Waals surface area (Å²) in [6, 6.07) is 9.02. The lowest BCUT2D eigenvalue weighted by atomic mass is 9.68. The van der Waals surface area contributed by atoms with Gasteiger partial charge < -0.3 is 0 Å². The third-order valence-electron chi connectivity index (χ3n) is 6.50. The van der Waals surface area contributed by atoms with E-state index in [0.717, 1.165) is 30.1 Å². The van der Waals surface area contributed by atoms with Crippen molar-refractivity contribution in [1.29, 1.82) is 0 Å². The summed E-state index contributed by atoms with van der Waals surface area (Å²) in [6.45, 7) is 0. The van der Waals surface area contributed by atoms with E-state index in [2.05, 4.69) is 46.3 Å². The molecule has 0 amide bonds. The number of hydrogen-bond acceptors (Lipinski definition) is 0. The van der Waals surface area contributed by atoms with Gasteiger partial charge >= 0.3 is 0 Å². The van der Waals surface area contributed by atoms with Crippen LogP contribution in [-0.4, -0.2) is 0 Å². The molecule has 0 saturated heterocycles. The molecule has 0 bridgehead atoms. The van der Waals surface area contributed by atoms with Gasteiger partial charge in [-0.15, -0.1) is 0 Å². The van der Waals surface area contributed by atoms with Crippen molar-refractivity contribution >= 4 is 27.5 Å². The first kappa shape index (κ1) is 18.5. The van der Waals surface area contributed by atoms with Crippen LogP contribution in [0.4, 0.5) is 0 Å². The first-order chi connectivity index (χ1) is 11.8. The van der Waals surface area contributed by atoms with Crippen molar-refractivity contribution in [3.05, 3.63) is 45.9 Å². The van der Waals surface area contributed by atoms with Gasteiger partial charge in [-0.1, -0.05) is 58.6 Å². The molecule has 0 aromatic heterocycles.